The van der Waals surface area contributed by atoms with Gasteiger partial charge in [-0.25, -0.2) is 0 Å². The van der Waals surface area contributed by atoms with Gasteiger partial charge < -0.3 is 23.7 Å². The smallest absolute Gasteiger partial charge is 0.177 e. The zero-order valence-corrected chi connectivity index (χ0v) is 12.2. The van der Waals surface area contributed by atoms with Gasteiger partial charge in [-0.3, -0.25) is 0 Å². The van der Waals surface area contributed by atoms with Crippen molar-refractivity contribution >= 4 is 6.29 Å². The van der Waals surface area contributed by atoms with E-state index < -0.39 is 18.5 Å². The van der Waals surface area contributed by atoms with E-state index in [0.29, 0.717) is 13.2 Å². The number of rotatable bonds is 7. The van der Waals surface area contributed by atoms with Crippen molar-refractivity contribution in [3.63, 3.8) is 0 Å². The normalized spacial score (nSPS) is 24.8. The molecule has 0 saturated carbocycles. The SMILES string of the molecule is CCOC1C=C[C@H](OCc2ccc(OC)cc2)[C@H](C=O)O1. The van der Waals surface area contributed by atoms with E-state index in [-0.39, 0.29) is 0 Å². The summed E-state index contributed by atoms with van der Waals surface area (Å²) < 4.78 is 21.6. The summed E-state index contributed by atoms with van der Waals surface area (Å²) in [6, 6.07) is 7.58. The van der Waals surface area contributed by atoms with Crippen LogP contribution < -0.4 is 4.74 Å². The van der Waals surface area contributed by atoms with Gasteiger partial charge in [-0.1, -0.05) is 18.2 Å². The number of hydrogen-bond donors (Lipinski definition) is 0. The summed E-state index contributed by atoms with van der Waals surface area (Å²) in [5.74, 6) is 0.796. The van der Waals surface area contributed by atoms with Gasteiger partial charge in [-0.2, -0.15) is 0 Å². The molecule has 1 aromatic carbocycles. The van der Waals surface area contributed by atoms with Gasteiger partial charge in [0, 0.05) is 6.61 Å². The van der Waals surface area contributed by atoms with Gasteiger partial charge in [-0.05, 0) is 30.7 Å². The number of ether oxygens (including phenoxy) is 4. The van der Waals surface area contributed by atoms with E-state index in [1.54, 1.807) is 13.2 Å². The number of benzene rings is 1. The van der Waals surface area contributed by atoms with Gasteiger partial charge in [0.2, 0.25) is 0 Å². The molecule has 0 aliphatic carbocycles. The third-order valence-corrected chi connectivity index (χ3v) is 3.14. The maximum Gasteiger partial charge on any atom is 0.177 e. The Morgan fingerprint density at radius 2 is 1.95 bits per heavy atom. The molecule has 0 saturated heterocycles. The van der Waals surface area contributed by atoms with Gasteiger partial charge in [0.05, 0.1) is 13.7 Å². The first kappa shape index (κ1) is 15.7. The minimum atomic E-state index is -0.648. The van der Waals surface area contributed by atoms with Crippen LogP contribution in [0.3, 0.4) is 0 Å². The quantitative estimate of drug-likeness (QED) is 0.569. The second kappa shape index (κ2) is 7.93. The highest BCUT2D eigenvalue weighted by atomic mass is 16.7. The molecule has 0 aromatic heterocycles. The lowest BCUT2D eigenvalue weighted by Gasteiger charge is -2.28. The van der Waals surface area contributed by atoms with E-state index in [1.165, 1.54) is 0 Å². The Kier molecular flexibility index (Phi) is 5.92. The first-order valence-corrected chi connectivity index (χ1v) is 6.92. The zero-order chi connectivity index (χ0) is 15.1. The van der Waals surface area contributed by atoms with Crippen LogP contribution in [0.25, 0.3) is 0 Å². The lowest BCUT2D eigenvalue weighted by atomic mass is 10.1. The molecule has 5 heteroatoms. The largest absolute Gasteiger partial charge is 0.497 e. The van der Waals surface area contributed by atoms with Gasteiger partial charge in [-0.15, -0.1) is 0 Å². The molecular formula is C16H20O5. The fourth-order valence-corrected chi connectivity index (χ4v) is 2.02. The lowest BCUT2D eigenvalue weighted by molar-refractivity contribution is -0.177. The molecule has 2 rings (SSSR count). The first-order valence-electron chi connectivity index (χ1n) is 6.92. The van der Waals surface area contributed by atoms with Gasteiger partial charge >= 0.3 is 0 Å². The summed E-state index contributed by atoms with van der Waals surface area (Å²) in [5.41, 5.74) is 1.00. The predicted molar refractivity (Wildman–Crippen MR) is 77.1 cm³/mol. The highest BCUT2D eigenvalue weighted by molar-refractivity contribution is 5.58. The van der Waals surface area contributed by atoms with E-state index in [1.807, 2.05) is 37.3 Å². The molecule has 0 amide bonds. The van der Waals surface area contributed by atoms with Crippen LogP contribution in [0.2, 0.25) is 0 Å². The fourth-order valence-electron chi connectivity index (χ4n) is 2.02. The summed E-state index contributed by atoms with van der Waals surface area (Å²) >= 11 is 0. The Balaban J connectivity index is 1.91. The maximum absolute atomic E-state index is 11.1. The maximum atomic E-state index is 11.1. The summed E-state index contributed by atoms with van der Waals surface area (Å²) in [7, 11) is 1.62. The van der Waals surface area contributed by atoms with Crippen molar-refractivity contribution in [3.8, 4) is 5.75 Å². The van der Waals surface area contributed by atoms with Gasteiger partial charge in [0.25, 0.3) is 0 Å². The zero-order valence-electron chi connectivity index (χ0n) is 12.2. The second-order valence-corrected chi connectivity index (χ2v) is 4.57. The first-order chi connectivity index (χ1) is 10.3. The molecule has 1 aliphatic rings. The molecule has 1 aromatic rings. The number of hydrogen-bond acceptors (Lipinski definition) is 5. The van der Waals surface area contributed by atoms with Gasteiger partial charge in [0.15, 0.2) is 12.6 Å². The number of carbonyl (C=O) groups is 1. The van der Waals surface area contributed by atoms with Crippen molar-refractivity contribution in [2.24, 2.45) is 0 Å². The summed E-state index contributed by atoms with van der Waals surface area (Å²) in [4.78, 5) is 11.1. The van der Waals surface area contributed by atoms with Gasteiger partial charge in [0.1, 0.15) is 18.0 Å². The van der Waals surface area contributed by atoms with E-state index in [9.17, 15) is 4.79 Å². The molecule has 1 heterocycles. The van der Waals surface area contributed by atoms with Crippen LogP contribution in [0.1, 0.15) is 12.5 Å². The summed E-state index contributed by atoms with van der Waals surface area (Å²) in [5, 5.41) is 0. The second-order valence-electron chi connectivity index (χ2n) is 4.57. The number of carbonyl (C=O) groups excluding carboxylic acids is 1. The highest BCUT2D eigenvalue weighted by Gasteiger charge is 2.27. The van der Waals surface area contributed by atoms with Crippen LogP contribution in [-0.4, -0.2) is 38.5 Å². The molecule has 0 bridgehead atoms. The standard InChI is InChI=1S/C16H20O5/c1-3-19-16-9-8-14(15(10-17)21-16)20-11-12-4-6-13(18-2)7-5-12/h4-10,14-16H,3,11H2,1-2H3/t14-,15-,16?/m0/s1. The van der Waals surface area contributed by atoms with Crippen LogP contribution in [-0.2, 0) is 25.6 Å². The van der Waals surface area contributed by atoms with Crippen LogP contribution in [0.5, 0.6) is 5.75 Å². The fraction of sp³-hybridized carbons (Fsp3) is 0.438. The third-order valence-electron chi connectivity index (χ3n) is 3.14. The minimum absolute atomic E-state index is 0.395. The van der Waals surface area contributed by atoms with Crippen molar-refractivity contribution in [1.29, 1.82) is 0 Å². The van der Waals surface area contributed by atoms with E-state index >= 15 is 0 Å². The van der Waals surface area contributed by atoms with Crippen LogP contribution in [0, 0.1) is 0 Å². The van der Waals surface area contributed by atoms with Crippen molar-refractivity contribution < 1.29 is 23.7 Å². The minimum Gasteiger partial charge on any atom is -0.497 e. The van der Waals surface area contributed by atoms with Crippen molar-refractivity contribution in [2.45, 2.75) is 32.0 Å². The molecule has 0 fully saturated rings. The topological polar surface area (TPSA) is 54.0 Å². The van der Waals surface area contributed by atoms with Crippen molar-refractivity contribution in [1.82, 2.24) is 0 Å². The molecule has 5 nitrogen and oxygen atoms in total. The van der Waals surface area contributed by atoms with E-state index in [2.05, 4.69) is 0 Å². The molecule has 0 N–H and O–H groups in total. The summed E-state index contributed by atoms with van der Waals surface area (Å²) in [6.07, 6.45) is 2.79. The third kappa shape index (κ3) is 4.39. The van der Waals surface area contributed by atoms with E-state index in [4.69, 9.17) is 18.9 Å². The molecule has 0 radical (unpaired) electrons. The van der Waals surface area contributed by atoms with Crippen LogP contribution in [0.4, 0.5) is 0 Å². The molecule has 21 heavy (non-hydrogen) atoms. The molecule has 1 aliphatic heterocycles. The van der Waals surface area contributed by atoms with E-state index in [0.717, 1.165) is 17.6 Å². The van der Waals surface area contributed by atoms with Crippen molar-refractivity contribution in [2.75, 3.05) is 13.7 Å². The van der Waals surface area contributed by atoms with Crippen LogP contribution >= 0.6 is 0 Å². The Bertz CT molecular complexity index is 468. The Labute approximate surface area is 124 Å². The summed E-state index contributed by atoms with van der Waals surface area (Å²) in [6.45, 7) is 2.79. The van der Waals surface area contributed by atoms with Crippen molar-refractivity contribution in [3.05, 3.63) is 42.0 Å². The monoisotopic (exact) mass is 292 g/mol. The molecule has 0 spiro atoms. The number of methoxy groups -OCH3 is 1. The molecule has 114 valence electrons. The molecule has 3 atom stereocenters. The average molecular weight is 292 g/mol. The highest BCUT2D eigenvalue weighted by Crippen LogP contribution is 2.18. The molecular weight excluding hydrogens is 272 g/mol. The Morgan fingerprint density at radius 1 is 1.19 bits per heavy atom. The predicted octanol–water partition coefficient (Wildman–Crippen LogP) is 2.10. The number of aldehydes is 1. The Hall–Kier alpha value is -1.69. The lowest BCUT2D eigenvalue weighted by Crippen LogP contribution is -2.39. The molecule has 1 unspecified atom stereocenters. The van der Waals surface area contributed by atoms with Crippen LogP contribution in [0.15, 0.2) is 36.4 Å². The average Bonchev–Trinajstić information content (AvgIpc) is 2.54. The Morgan fingerprint density at radius 3 is 2.57 bits per heavy atom.